The van der Waals surface area contributed by atoms with Gasteiger partial charge in [-0.3, -0.25) is 4.90 Å². The molecule has 0 aliphatic carbocycles. The van der Waals surface area contributed by atoms with E-state index < -0.39 is 16.0 Å². The van der Waals surface area contributed by atoms with Crippen molar-refractivity contribution in [1.29, 1.82) is 0 Å². The Balaban J connectivity index is 0.00000300. The zero-order valence-electron chi connectivity index (χ0n) is 15.8. The van der Waals surface area contributed by atoms with E-state index in [1.165, 1.54) is 17.5 Å². The molecular formula is C19H22Cl2N2O4S2. The number of nitrogens with zero attached hydrogens (tertiary/aromatic N) is 2. The first kappa shape index (κ1) is 23.9. The fraction of sp³-hybridized carbons (Fsp3) is 0.316. The Morgan fingerprint density at radius 1 is 1.21 bits per heavy atom. The lowest BCUT2D eigenvalue weighted by atomic mass is 10.2. The molecule has 1 saturated heterocycles. The van der Waals surface area contributed by atoms with E-state index >= 15 is 0 Å². The van der Waals surface area contributed by atoms with Crippen molar-refractivity contribution in [2.24, 2.45) is 0 Å². The van der Waals surface area contributed by atoms with Gasteiger partial charge in [-0.2, -0.15) is 4.31 Å². The highest BCUT2D eigenvalue weighted by molar-refractivity contribution is 7.89. The van der Waals surface area contributed by atoms with E-state index in [0.717, 1.165) is 23.4 Å². The van der Waals surface area contributed by atoms with Gasteiger partial charge in [-0.05, 0) is 11.6 Å². The molecule has 3 rings (SSSR count). The smallest absolute Gasteiger partial charge is 0.349 e. The number of methoxy groups -OCH3 is 1. The van der Waals surface area contributed by atoms with Crippen LogP contribution in [0, 0.1) is 0 Å². The number of carbonyl (C=O) groups is 1. The van der Waals surface area contributed by atoms with E-state index in [-0.39, 0.29) is 26.5 Å². The van der Waals surface area contributed by atoms with Crippen LogP contribution >= 0.6 is 35.3 Å². The second-order valence-corrected chi connectivity index (χ2v) is 9.84. The van der Waals surface area contributed by atoms with Crippen LogP contribution in [0.4, 0.5) is 0 Å². The second kappa shape index (κ2) is 10.6. The second-order valence-electron chi connectivity index (χ2n) is 6.25. The molecule has 0 unspecified atom stereocenters. The Kier molecular flexibility index (Phi) is 8.69. The van der Waals surface area contributed by atoms with E-state index in [4.69, 9.17) is 11.6 Å². The number of carbonyl (C=O) groups excluding carboxylic acids is 1. The summed E-state index contributed by atoms with van der Waals surface area (Å²) in [4.78, 5) is 14.0. The number of rotatable bonds is 6. The zero-order valence-corrected chi connectivity index (χ0v) is 19.0. The molecule has 29 heavy (non-hydrogen) atoms. The molecule has 0 bridgehead atoms. The molecule has 1 aromatic heterocycles. The first-order valence-electron chi connectivity index (χ1n) is 8.73. The molecule has 1 fully saturated rings. The Morgan fingerprint density at radius 2 is 1.86 bits per heavy atom. The van der Waals surface area contributed by atoms with Crippen molar-refractivity contribution >= 4 is 57.4 Å². The van der Waals surface area contributed by atoms with Crippen molar-refractivity contribution in [3.05, 3.63) is 57.3 Å². The molecule has 6 nitrogen and oxygen atoms in total. The predicted molar refractivity (Wildman–Crippen MR) is 119 cm³/mol. The van der Waals surface area contributed by atoms with Crippen LogP contribution in [0.5, 0.6) is 0 Å². The minimum Gasteiger partial charge on any atom is -0.465 e. The van der Waals surface area contributed by atoms with Gasteiger partial charge in [-0.25, -0.2) is 13.2 Å². The average molecular weight is 477 g/mol. The lowest BCUT2D eigenvalue weighted by molar-refractivity contribution is 0.0602. The molecule has 2 aromatic rings. The summed E-state index contributed by atoms with van der Waals surface area (Å²) < 4.78 is 32.3. The molecular weight excluding hydrogens is 455 g/mol. The molecule has 158 valence electrons. The first-order valence-corrected chi connectivity index (χ1v) is 11.4. The van der Waals surface area contributed by atoms with Crippen LogP contribution in [0.25, 0.3) is 6.08 Å². The maximum absolute atomic E-state index is 13.0. The molecule has 0 saturated carbocycles. The summed E-state index contributed by atoms with van der Waals surface area (Å²) in [5.41, 5.74) is 1.13. The van der Waals surface area contributed by atoms with Crippen molar-refractivity contribution in [3.8, 4) is 0 Å². The topological polar surface area (TPSA) is 66.9 Å². The number of sulfonamides is 1. The monoisotopic (exact) mass is 476 g/mol. The van der Waals surface area contributed by atoms with Gasteiger partial charge in [0.15, 0.2) is 0 Å². The van der Waals surface area contributed by atoms with E-state index in [9.17, 15) is 13.2 Å². The van der Waals surface area contributed by atoms with E-state index in [2.05, 4.69) is 21.8 Å². The summed E-state index contributed by atoms with van der Waals surface area (Å²) >= 11 is 6.87. The number of hydrogen-bond donors (Lipinski definition) is 0. The Labute approximate surface area is 186 Å². The number of hydrogen-bond acceptors (Lipinski definition) is 6. The number of thiophene rings is 1. The fourth-order valence-electron chi connectivity index (χ4n) is 2.97. The van der Waals surface area contributed by atoms with Crippen LogP contribution in [-0.4, -0.2) is 63.4 Å². The van der Waals surface area contributed by atoms with Crippen LogP contribution in [-0.2, 0) is 14.8 Å². The number of halogens is 2. The van der Waals surface area contributed by atoms with Crippen molar-refractivity contribution < 1.29 is 17.9 Å². The molecule has 0 atom stereocenters. The van der Waals surface area contributed by atoms with E-state index in [1.54, 1.807) is 0 Å². The Morgan fingerprint density at radius 3 is 2.48 bits per heavy atom. The van der Waals surface area contributed by atoms with Gasteiger partial charge >= 0.3 is 5.97 Å². The van der Waals surface area contributed by atoms with Gasteiger partial charge in [-0.1, -0.05) is 54.1 Å². The summed E-state index contributed by atoms with van der Waals surface area (Å²) in [7, 11) is -2.58. The third-order valence-electron chi connectivity index (χ3n) is 4.46. The maximum Gasteiger partial charge on any atom is 0.349 e. The van der Waals surface area contributed by atoms with Gasteiger partial charge in [0.2, 0.25) is 10.0 Å². The molecule has 0 amide bonds. The number of piperazine rings is 1. The van der Waals surface area contributed by atoms with Crippen molar-refractivity contribution in [2.45, 2.75) is 4.90 Å². The molecule has 2 heterocycles. The number of esters is 1. The molecule has 0 spiro atoms. The van der Waals surface area contributed by atoms with Gasteiger partial charge < -0.3 is 4.74 Å². The summed E-state index contributed by atoms with van der Waals surface area (Å²) in [6.45, 7) is 2.69. The summed E-state index contributed by atoms with van der Waals surface area (Å²) in [5, 5.41) is 0. The Bertz CT molecular complexity index is 954. The van der Waals surface area contributed by atoms with Gasteiger partial charge in [0.1, 0.15) is 9.77 Å². The first-order chi connectivity index (χ1) is 13.4. The lowest BCUT2D eigenvalue weighted by Gasteiger charge is -2.33. The zero-order chi connectivity index (χ0) is 20.1. The van der Waals surface area contributed by atoms with Gasteiger partial charge in [0.25, 0.3) is 0 Å². The highest BCUT2D eigenvalue weighted by Crippen LogP contribution is 2.33. The SMILES string of the molecule is COC(=O)c1sc(Cl)cc1S(=O)(=O)N1CCN(CC=Cc2ccccc2)CC1.Cl. The molecule has 0 radical (unpaired) electrons. The molecule has 1 aliphatic rings. The third kappa shape index (κ3) is 5.81. The minimum absolute atomic E-state index is 0. The minimum atomic E-state index is -3.80. The summed E-state index contributed by atoms with van der Waals surface area (Å²) in [5.74, 6) is -0.694. The molecule has 10 heteroatoms. The van der Waals surface area contributed by atoms with Crippen LogP contribution in [0.15, 0.2) is 47.4 Å². The van der Waals surface area contributed by atoms with Crippen molar-refractivity contribution in [2.75, 3.05) is 39.8 Å². The van der Waals surface area contributed by atoms with Crippen molar-refractivity contribution in [1.82, 2.24) is 9.21 Å². The number of benzene rings is 1. The van der Waals surface area contributed by atoms with Crippen molar-refractivity contribution in [3.63, 3.8) is 0 Å². The van der Waals surface area contributed by atoms with Gasteiger partial charge in [0, 0.05) is 32.7 Å². The predicted octanol–water partition coefficient (Wildman–Crippen LogP) is 3.63. The normalized spacial score (nSPS) is 15.9. The Hall–Kier alpha value is -1.42. The number of ether oxygens (including phenoxy) is 1. The standard InChI is InChI=1S/C19H21ClN2O4S2.ClH/c1-26-19(23)18-16(14-17(20)27-18)28(24,25)22-12-10-21(11-13-22)9-5-8-15-6-3-2-4-7-15;/h2-8,14H,9-13H2,1H3;1H. The highest BCUT2D eigenvalue weighted by Gasteiger charge is 2.33. The fourth-order valence-corrected chi connectivity index (χ4v) is 6.09. The van der Waals surface area contributed by atoms with E-state index in [0.29, 0.717) is 26.2 Å². The highest BCUT2D eigenvalue weighted by atomic mass is 35.5. The van der Waals surface area contributed by atoms with Gasteiger partial charge in [-0.15, -0.1) is 23.7 Å². The van der Waals surface area contributed by atoms with Crippen LogP contribution < -0.4 is 0 Å². The molecule has 1 aliphatic heterocycles. The average Bonchev–Trinajstić information content (AvgIpc) is 3.11. The third-order valence-corrected chi connectivity index (χ3v) is 7.76. The van der Waals surface area contributed by atoms with Gasteiger partial charge in [0.05, 0.1) is 11.4 Å². The van der Waals surface area contributed by atoms with Crippen LogP contribution in [0.3, 0.4) is 0 Å². The largest absolute Gasteiger partial charge is 0.465 e. The van der Waals surface area contributed by atoms with Crippen LogP contribution in [0.2, 0.25) is 4.34 Å². The summed E-state index contributed by atoms with van der Waals surface area (Å²) in [6.07, 6.45) is 4.13. The molecule has 0 N–H and O–H groups in total. The van der Waals surface area contributed by atoms with Crippen LogP contribution in [0.1, 0.15) is 15.2 Å². The van der Waals surface area contributed by atoms with E-state index in [1.807, 2.05) is 30.3 Å². The lowest BCUT2D eigenvalue weighted by Crippen LogP contribution is -2.48. The summed E-state index contributed by atoms with van der Waals surface area (Å²) in [6, 6.07) is 11.3. The quantitative estimate of drug-likeness (QED) is 0.595. The molecule has 1 aromatic carbocycles. The maximum atomic E-state index is 13.0.